The number of carbonyl (C=O) groups is 1. The van der Waals surface area contributed by atoms with Crippen LogP contribution in [0.4, 0.5) is 5.69 Å². The van der Waals surface area contributed by atoms with Gasteiger partial charge in [0.05, 0.1) is 0 Å². The molecule has 0 spiro atoms. The van der Waals surface area contributed by atoms with Gasteiger partial charge < -0.3 is 9.42 Å². The molecule has 3 aromatic rings. The van der Waals surface area contributed by atoms with E-state index in [1.807, 2.05) is 30.3 Å². The van der Waals surface area contributed by atoms with Crippen LogP contribution in [0, 0.1) is 0 Å². The molecule has 0 bridgehead atoms. The fraction of sp³-hybridized carbons (Fsp3) is 0.238. The minimum Gasteiger partial charge on any atom is -0.355 e. The second-order valence-electron chi connectivity index (χ2n) is 6.56. The molecular weight excluding hydrogens is 348 g/mol. The van der Waals surface area contributed by atoms with Gasteiger partial charge >= 0.3 is 0 Å². The van der Waals surface area contributed by atoms with Crippen LogP contribution in [-0.2, 0) is 17.6 Å². The Labute approximate surface area is 157 Å². The Morgan fingerprint density at radius 2 is 1.88 bits per heavy atom. The number of anilines is 1. The third-order valence-corrected chi connectivity index (χ3v) is 5.08. The first-order valence-electron chi connectivity index (χ1n) is 8.65. The third kappa shape index (κ3) is 2.80. The molecule has 4 rings (SSSR count). The van der Waals surface area contributed by atoms with E-state index in [0.29, 0.717) is 0 Å². The van der Waals surface area contributed by atoms with Gasteiger partial charge in [-0.3, -0.25) is 4.79 Å². The Balaban J connectivity index is 1.66. The van der Waals surface area contributed by atoms with Crippen LogP contribution in [0.2, 0.25) is 0 Å². The number of alkyl halides is 1. The average molecular weight is 367 g/mol. The summed E-state index contributed by atoms with van der Waals surface area (Å²) in [6.45, 7) is 1.67. The molecule has 1 unspecified atom stereocenters. The standard InChI is InChI=1S/C21H19ClN2O2/c1-13(22)21(25)24(2)16-10-7-15(8-11-16)20-18-12-9-14-5-3-4-6-17(14)19(18)23-26-20/h3-8,10-11,13H,9,12H2,1-2H3. The number of benzene rings is 2. The molecular formula is C21H19ClN2O2. The minimum absolute atomic E-state index is 0.131. The zero-order valence-electron chi connectivity index (χ0n) is 14.7. The van der Waals surface area contributed by atoms with E-state index in [4.69, 9.17) is 16.1 Å². The predicted octanol–water partition coefficient (Wildman–Crippen LogP) is 4.70. The van der Waals surface area contributed by atoms with Crippen LogP contribution in [-0.4, -0.2) is 23.5 Å². The summed E-state index contributed by atoms with van der Waals surface area (Å²) in [5, 5.41) is 3.77. The van der Waals surface area contributed by atoms with Gasteiger partial charge in [-0.1, -0.05) is 29.4 Å². The molecule has 0 N–H and O–H groups in total. The van der Waals surface area contributed by atoms with Crippen molar-refractivity contribution in [3.8, 4) is 22.6 Å². The lowest BCUT2D eigenvalue weighted by molar-refractivity contribution is -0.117. The van der Waals surface area contributed by atoms with Crippen LogP contribution in [0.3, 0.4) is 0 Å². The Morgan fingerprint density at radius 3 is 2.62 bits per heavy atom. The SMILES string of the molecule is CC(Cl)C(=O)N(C)c1ccc(-c2onc3c2CCc2ccccc2-3)cc1. The largest absolute Gasteiger partial charge is 0.355 e. The van der Waals surface area contributed by atoms with Crippen molar-refractivity contribution in [2.45, 2.75) is 25.1 Å². The van der Waals surface area contributed by atoms with E-state index in [0.717, 1.165) is 46.7 Å². The van der Waals surface area contributed by atoms with Gasteiger partial charge in [-0.25, -0.2) is 0 Å². The lowest BCUT2D eigenvalue weighted by atomic mass is 9.88. The van der Waals surface area contributed by atoms with Crippen LogP contribution in [0.5, 0.6) is 0 Å². The number of fused-ring (bicyclic) bond motifs is 3. The van der Waals surface area contributed by atoms with Gasteiger partial charge in [0.2, 0.25) is 5.91 Å². The van der Waals surface area contributed by atoms with Gasteiger partial charge in [0, 0.05) is 29.4 Å². The second-order valence-corrected chi connectivity index (χ2v) is 7.21. The van der Waals surface area contributed by atoms with E-state index in [2.05, 4.69) is 23.4 Å². The number of hydrogen-bond donors (Lipinski definition) is 0. The van der Waals surface area contributed by atoms with Crippen molar-refractivity contribution < 1.29 is 9.32 Å². The fourth-order valence-electron chi connectivity index (χ4n) is 3.44. The predicted molar refractivity (Wildman–Crippen MR) is 104 cm³/mol. The normalized spacial score (nSPS) is 13.7. The Bertz CT molecular complexity index is 960. The highest BCUT2D eigenvalue weighted by Gasteiger charge is 2.24. The first-order chi connectivity index (χ1) is 12.6. The van der Waals surface area contributed by atoms with Gasteiger partial charge in [-0.15, -0.1) is 11.6 Å². The first kappa shape index (κ1) is 16.9. The van der Waals surface area contributed by atoms with Crippen LogP contribution in [0.1, 0.15) is 18.1 Å². The highest BCUT2D eigenvalue weighted by Crippen LogP contribution is 2.38. The molecule has 1 aromatic heterocycles. The molecule has 1 amide bonds. The molecule has 1 atom stereocenters. The molecule has 0 aliphatic heterocycles. The molecule has 0 saturated carbocycles. The molecule has 0 fully saturated rings. The number of carbonyl (C=O) groups excluding carboxylic acids is 1. The summed E-state index contributed by atoms with van der Waals surface area (Å²) < 4.78 is 5.69. The molecule has 5 heteroatoms. The highest BCUT2D eigenvalue weighted by atomic mass is 35.5. The number of nitrogens with zero attached hydrogens (tertiary/aromatic N) is 2. The van der Waals surface area contributed by atoms with Crippen LogP contribution >= 0.6 is 11.6 Å². The van der Waals surface area contributed by atoms with E-state index >= 15 is 0 Å². The second kappa shape index (κ2) is 6.61. The van der Waals surface area contributed by atoms with Crippen molar-refractivity contribution in [3.63, 3.8) is 0 Å². The van der Waals surface area contributed by atoms with Crippen LogP contribution in [0.15, 0.2) is 53.1 Å². The Kier molecular flexibility index (Phi) is 4.29. The monoisotopic (exact) mass is 366 g/mol. The van der Waals surface area contributed by atoms with Gasteiger partial charge in [-0.2, -0.15) is 0 Å². The lowest BCUT2D eigenvalue weighted by Gasteiger charge is -2.19. The van der Waals surface area contributed by atoms with E-state index in [1.54, 1.807) is 18.9 Å². The van der Waals surface area contributed by atoms with E-state index in [-0.39, 0.29) is 5.91 Å². The Morgan fingerprint density at radius 1 is 1.15 bits per heavy atom. The first-order valence-corrected chi connectivity index (χ1v) is 9.09. The smallest absolute Gasteiger partial charge is 0.244 e. The maximum atomic E-state index is 12.0. The van der Waals surface area contributed by atoms with Gasteiger partial charge in [0.1, 0.15) is 11.1 Å². The summed E-state index contributed by atoms with van der Waals surface area (Å²) in [4.78, 5) is 13.6. The summed E-state index contributed by atoms with van der Waals surface area (Å²) >= 11 is 5.89. The molecule has 1 heterocycles. The number of halogens is 1. The van der Waals surface area contributed by atoms with Gasteiger partial charge in [0.15, 0.2) is 5.76 Å². The summed E-state index contributed by atoms with van der Waals surface area (Å²) in [6.07, 6.45) is 1.90. The van der Waals surface area contributed by atoms with Crippen molar-refractivity contribution >= 4 is 23.2 Å². The molecule has 1 aliphatic carbocycles. The van der Waals surface area contributed by atoms with Crippen molar-refractivity contribution in [1.29, 1.82) is 0 Å². The molecule has 26 heavy (non-hydrogen) atoms. The Hall–Kier alpha value is -2.59. The number of rotatable bonds is 3. The summed E-state index contributed by atoms with van der Waals surface area (Å²) in [6, 6.07) is 16.0. The molecule has 0 radical (unpaired) electrons. The fourth-order valence-corrected chi connectivity index (χ4v) is 3.59. The number of amides is 1. The third-order valence-electron chi connectivity index (χ3n) is 4.89. The van der Waals surface area contributed by atoms with E-state index in [1.165, 1.54) is 5.56 Å². The maximum Gasteiger partial charge on any atom is 0.244 e. The summed E-state index contributed by atoms with van der Waals surface area (Å²) in [5.41, 5.74) is 6.31. The molecule has 4 nitrogen and oxygen atoms in total. The van der Waals surface area contributed by atoms with Gasteiger partial charge in [0.25, 0.3) is 0 Å². The average Bonchev–Trinajstić information content (AvgIpc) is 3.11. The zero-order chi connectivity index (χ0) is 18.3. The summed E-state index contributed by atoms with van der Waals surface area (Å²) in [7, 11) is 1.73. The maximum absolute atomic E-state index is 12.0. The van der Waals surface area contributed by atoms with Gasteiger partial charge in [-0.05, 0) is 49.6 Å². The van der Waals surface area contributed by atoms with Crippen molar-refractivity contribution in [1.82, 2.24) is 5.16 Å². The zero-order valence-corrected chi connectivity index (χ0v) is 15.5. The molecule has 1 aliphatic rings. The molecule has 2 aromatic carbocycles. The number of hydrogen-bond acceptors (Lipinski definition) is 3. The molecule has 132 valence electrons. The quantitative estimate of drug-likeness (QED) is 0.631. The summed E-state index contributed by atoms with van der Waals surface area (Å²) in [5.74, 6) is 0.675. The lowest BCUT2D eigenvalue weighted by Crippen LogP contribution is -2.31. The van der Waals surface area contributed by atoms with Crippen LogP contribution in [0.25, 0.3) is 22.6 Å². The van der Waals surface area contributed by atoms with E-state index < -0.39 is 5.38 Å². The van der Waals surface area contributed by atoms with Crippen molar-refractivity contribution in [2.24, 2.45) is 0 Å². The van der Waals surface area contributed by atoms with Crippen molar-refractivity contribution in [3.05, 3.63) is 59.7 Å². The number of aryl methyl sites for hydroxylation is 1. The van der Waals surface area contributed by atoms with Crippen molar-refractivity contribution in [2.75, 3.05) is 11.9 Å². The number of aromatic nitrogens is 1. The molecule has 0 saturated heterocycles. The van der Waals surface area contributed by atoms with Crippen LogP contribution < -0.4 is 4.90 Å². The van der Waals surface area contributed by atoms with E-state index in [9.17, 15) is 4.79 Å². The minimum atomic E-state index is -0.555. The topological polar surface area (TPSA) is 46.3 Å². The highest BCUT2D eigenvalue weighted by molar-refractivity contribution is 6.32.